The van der Waals surface area contributed by atoms with E-state index in [4.69, 9.17) is 11.6 Å². The molecule has 4 heteroatoms. The van der Waals surface area contributed by atoms with Gasteiger partial charge in [0.1, 0.15) is 5.02 Å². The molecule has 0 bridgehead atoms. The zero-order valence-corrected chi connectivity index (χ0v) is 5.91. The van der Waals surface area contributed by atoms with Crippen LogP contribution < -0.4 is 0 Å². The molecular weight excluding hydrogens is 143 g/mol. The minimum Gasteiger partial charge on any atom is -0.241 e. The van der Waals surface area contributed by atoms with Crippen LogP contribution in [0.4, 0.5) is 4.39 Å². The highest BCUT2D eigenvalue weighted by molar-refractivity contribution is 6.31. The first-order valence-electron chi connectivity index (χ1n) is 2.47. The van der Waals surface area contributed by atoms with Crippen LogP contribution in [0.5, 0.6) is 0 Å². The zero-order chi connectivity index (χ0) is 7.02. The fourth-order valence-electron chi connectivity index (χ4n) is 0.604. The second-order valence-corrected chi connectivity index (χ2v) is 2.19. The highest BCUT2D eigenvalue weighted by Gasteiger charge is 2.08. The normalized spacial score (nSPS) is 10.2. The maximum atomic E-state index is 12.5. The number of rotatable bonds is 0. The first-order chi connectivity index (χ1) is 4.13. The number of aryl methyl sites for hydroxylation is 2. The van der Waals surface area contributed by atoms with E-state index in [1.165, 1.54) is 7.05 Å². The largest absolute Gasteiger partial charge is 0.241 e. The lowest BCUT2D eigenvalue weighted by Gasteiger charge is -1.84. The predicted molar refractivity (Wildman–Crippen MR) is 32.9 cm³/mol. The summed E-state index contributed by atoms with van der Waals surface area (Å²) in [6, 6.07) is 0. The van der Waals surface area contributed by atoms with E-state index in [-0.39, 0.29) is 5.02 Å². The maximum absolute atomic E-state index is 12.5. The summed E-state index contributed by atoms with van der Waals surface area (Å²) in [5.74, 6) is -0.478. The summed E-state index contributed by atoms with van der Waals surface area (Å²) in [6.45, 7) is 1.66. The van der Waals surface area contributed by atoms with Gasteiger partial charge in [-0.3, -0.25) is 0 Å². The summed E-state index contributed by atoms with van der Waals surface area (Å²) >= 11 is 5.44. The van der Waals surface area contributed by atoms with Gasteiger partial charge in [0.15, 0.2) is 0 Å². The van der Waals surface area contributed by atoms with Gasteiger partial charge in [-0.1, -0.05) is 11.6 Å². The van der Waals surface area contributed by atoms with Crippen molar-refractivity contribution < 1.29 is 4.39 Å². The Morgan fingerprint density at radius 3 is 2.33 bits per heavy atom. The third-order valence-electron chi connectivity index (χ3n) is 1.08. The summed E-state index contributed by atoms with van der Waals surface area (Å²) in [5.41, 5.74) is 0.525. The van der Waals surface area contributed by atoms with Gasteiger partial charge in [0.2, 0.25) is 5.95 Å². The van der Waals surface area contributed by atoms with E-state index < -0.39 is 5.95 Å². The number of halogens is 2. The lowest BCUT2D eigenvalue weighted by molar-refractivity contribution is 0.503. The molecule has 50 valence electrons. The Kier molecular flexibility index (Phi) is 1.45. The summed E-state index contributed by atoms with van der Waals surface area (Å²) < 4.78 is 13.6. The van der Waals surface area contributed by atoms with Gasteiger partial charge < -0.3 is 0 Å². The van der Waals surface area contributed by atoms with Gasteiger partial charge >= 0.3 is 0 Å². The molecule has 0 saturated heterocycles. The van der Waals surface area contributed by atoms with E-state index in [1.54, 1.807) is 6.92 Å². The molecule has 0 aliphatic heterocycles. The number of hydrogen-bond donors (Lipinski definition) is 0. The average molecular weight is 149 g/mol. The van der Waals surface area contributed by atoms with Crippen LogP contribution in [0.3, 0.4) is 0 Å². The third-order valence-corrected chi connectivity index (χ3v) is 1.51. The van der Waals surface area contributed by atoms with Crippen molar-refractivity contribution in [3.63, 3.8) is 0 Å². The minimum atomic E-state index is -0.478. The third kappa shape index (κ3) is 0.920. The lowest BCUT2D eigenvalue weighted by Crippen LogP contribution is -1.92. The smallest absolute Gasteiger partial charge is 0.230 e. The minimum absolute atomic E-state index is 0.109. The first kappa shape index (κ1) is 6.55. The summed E-state index contributed by atoms with van der Waals surface area (Å²) in [6.07, 6.45) is 0. The summed E-state index contributed by atoms with van der Waals surface area (Å²) in [5, 5.41) is 3.83. The van der Waals surface area contributed by atoms with Gasteiger partial charge in [0, 0.05) is 7.05 Å². The quantitative estimate of drug-likeness (QED) is 0.546. The Labute approximate surface area is 57.2 Å². The van der Waals surface area contributed by atoms with Crippen molar-refractivity contribution in [3.05, 3.63) is 16.7 Å². The van der Waals surface area contributed by atoms with Gasteiger partial charge in [-0.2, -0.15) is 9.49 Å². The van der Waals surface area contributed by atoms with Crippen molar-refractivity contribution in [2.45, 2.75) is 6.92 Å². The second kappa shape index (κ2) is 1.99. The Morgan fingerprint density at radius 2 is 2.22 bits per heavy atom. The molecule has 9 heavy (non-hydrogen) atoms. The molecule has 0 saturated carbocycles. The second-order valence-electron chi connectivity index (χ2n) is 1.81. The van der Waals surface area contributed by atoms with E-state index in [2.05, 4.69) is 5.10 Å². The van der Waals surface area contributed by atoms with Crippen molar-refractivity contribution in [2.24, 2.45) is 7.05 Å². The van der Waals surface area contributed by atoms with Gasteiger partial charge in [-0.05, 0) is 6.92 Å². The van der Waals surface area contributed by atoms with Crippen molar-refractivity contribution in [1.29, 1.82) is 0 Å². The Morgan fingerprint density at radius 1 is 1.67 bits per heavy atom. The Balaban J connectivity index is 3.29. The van der Waals surface area contributed by atoms with Crippen molar-refractivity contribution in [1.82, 2.24) is 9.78 Å². The fraction of sp³-hybridized carbons (Fsp3) is 0.400. The molecule has 1 heterocycles. The van der Waals surface area contributed by atoms with Crippen molar-refractivity contribution in [3.8, 4) is 0 Å². The van der Waals surface area contributed by atoms with Crippen LogP contribution in [-0.4, -0.2) is 9.78 Å². The van der Waals surface area contributed by atoms with Crippen LogP contribution in [-0.2, 0) is 7.05 Å². The molecule has 0 fully saturated rings. The molecule has 0 aromatic carbocycles. The average Bonchev–Trinajstić information content (AvgIpc) is 1.98. The molecule has 1 aromatic rings. The van der Waals surface area contributed by atoms with E-state index >= 15 is 0 Å². The van der Waals surface area contributed by atoms with Gasteiger partial charge in [0.05, 0.1) is 5.69 Å². The summed E-state index contributed by atoms with van der Waals surface area (Å²) in [4.78, 5) is 0. The van der Waals surface area contributed by atoms with E-state index in [1.807, 2.05) is 0 Å². The Bertz CT molecular complexity index is 209. The van der Waals surface area contributed by atoms with Crippen LogP contribution >= 0.6 is 11.6 Å². The zero-order valence-electron chi connectivity index (χ0n) is 5.15. The highest BCUT2D eigenvalue weighted by Crippen LogP contribution is 2.16. The predicted octanol–water partition coefficient (Wildman–Crippen LogP) is 1.52. The van der Waals surface area contributed by atoms with E-state index in [9.17, 15) is 4.39 Å². The van der Waals surface area contributed by atoms with Gasteiger partial charge in [-0.25, -0.2) is 4.68 Å². The van der Waals surface area contributed by atoms with Crippen LogP contribution in [0, 0.1) is 12.9 Å². The fourth-order valence-corrected chi connectivity index (χ4v) is 0.764. The monoisotopic (exact) mass is 148 g/mol. The molecular formula is C5H6ClFN2. The standard InChI is InChI=1S/C5H6ClFN2/c1-3-4(6)5(7)9(2)8-3/h1-2H3. The van der Waals surface area contributed by atoms with Crippen LogP contribution in [0.15, 0.2) is 0 Å². The molecule has 2 nitrogen and oxygen atoms in total. The number of hydrogen-bond acceptors (Lipinski definition) is 1. The molecule has 0 radical (unpaired) electrons. The van der Waals surface area contributed by atoms with E-state index in [0.29, 0.717) is 5.69 Å². The van der Waals surface area contributed by atoms with Gasteiger partial charge in [-0.15, -0.1) is 0 Å². The molecule has 1 rings (SSSR count). The SMILES string of the molecule is Cc1nn(C)c(F)c1Cl. The number of aromatic nitrogens is 2. The van der Waals surface area contributed by atoms with Crippen LogP contribution in [0.25, 0.3) is 0 Å². The molecule has 0 aliphatic rings. The topological polar surface area (TPSA) is 17.8 Å². The van der Waals surface area contributed by atoms with Crippen molar-refractivity contribution in [2.75, 3.05) is 0 Å². The molecule has 0 amide bonds. The molecule has 1 aromatic heterocycles. The maximum Gasteiger partial charge on any atom is 0.230 e. The van der Waals surface area contributed by atoms with Gasteiger partial charge in [0.25, 0.3) is 0 Å². The summed E-state index contributed by atoms with van der Waals surface area (Å²) in [7, 11) is 1.51. The molecule has 0 aliphatic carbocycles. The van der Waals surface area contributed by atoms with Crippen molar-refractivity contribution >= 4 is 11.6 Å². The Hall–Kier alpha value is -0.570. The van der Waals surface area contributed by atoms with E-state index in [0.717, 1.165) is 4.68 Å². The van der Waals surface area contributed by atoms with Crippen LogP contribution in [0.1, 0.15) is 5.69 Å². The molecule has 0 N–H and O–H groups in total. The number of nitrogens with zero attached hydrogens (tertiary/aromatic N) is 2. The van der Waals surface area contributed by atoms with Crippen LogP contribution in [0.2, 0.25) is 5.02 Å². The first-order valence-corrected chi connectivity index (χ1v) is 2.85. The lowest BCUT2D eigenvalue weighted by atomic mass is 10.5. The highest BCUT2D eigenvalue weighted by atomic mass is 35.5. The molecule has 0 spiro atoms. The molecule has 0 atom stereocenters. The molecule has 0 unspecified atom stereocenters.